The topological polar surface area (TPSA) is 14.8 Å². The van der Waals surface area contributed by atoms with E-state index in [2.05, 4.69) is 287 Å². The first-order valence-electron chi connectivity index (χ1n) is 51.8. The minimum atomic E-state index is 1.01. The summed E-state index contributed by atoms with van der Waals surface area (Å²) in [6.45, 7) is 60.0. The van der Waals surface area contributed by atoms with Gasteiger partial charge in [-0.1, -0.05) is 432 Å². The summed E-state index contributed by atoms with van der Waals surface area (Å²) in [4.78, 5) is 0. The molecule has 3 heteroatoms. The Hall–Kier alpha value is -12.3. The molecule has 0 bridgehead atoms. The van der Waals surface area contributed by atoms with Gasteiger partial charge in [-0.2, -0.15) is 0 Å². The quantitative estimate of drug-likeness (QED) is 0.144. The molecule has 0 fully saturated rings. The molecule has 6 heterocycles. The lowest BCUT2D eigenvalue weighted by Crippen LogP contribution is -2.12. The number of para-hydroxylation sites is 3. The first kappa shape index (κ1) is 102. The zero-order valence-corrected chi connectivity index (χ0v) is 86.2. The molecule has 132 heavy (non-hydrogen) atoms. The second-order valence-electron chi connectivity index (χ2n) is 30.2. The van der Waals surface area contributed by atoms with Crippen molar-refractivity contribution in [3.63, 3.8) is 0 Å². The van der Waals surface area contributed by atoms with Gasteiger partial charge in [0.25, 0.3) is 0 Å². The Morgan fingerprint density at radius 1 is 0.152 bits per heavy atom. The molecule has 0 N–H and O–H groups in total. The molecule has 27 rings (SSSR count). The van der Waals surface area contributed by atoms with Gasteiger partial charge < -0.3 is 13.7 Å². The van der Waals surface area contributed by atoms with Crippen molar-refractivity contribution in [2.24, 2.45) is 0 Å². The lowest BCUT2D eigenvalue weighted by Gasteiger charge is -2.25. The largest absolute Gasteiger partial charge is 0.309 e. The van der Waals surface area contributed by atoms with E-state index < -0.39 is 0 Å². The molecule has 0 amide bonds. The van der Waals surface area contributed by atoms with E-state index in [9.17, 15) is 0 Å². The zero-order valence-electron chi connectivity index (χ0n) is 86.2. The van der Waals surface area contributed by atoms with Crippen LogP contribution in [-0.4, -0.2) is 13.7 Å². The maximum Gasteiger partial charge on any atom is 0.0583 e. The van der Waals surface area contributed by atoms with Gasteiger partial charge in [0.15, 0.2) is 0 Å². The van der Waals surface area contributed by atoms with Crippen molar-refractivity contribution in [3.8, 4) is 83.8 Å². The fraction of sp³-hybridized carbons (Fsp3) is 0.302. The Balaban J connectivity index is 0.000000180. The molecule has 0 saturated carbocycles. The molecule has 0 unspecified atom stereocenters. The van der Waals surface area contributed by atoms with Crippen LogP contribution in [0.2, 0.25) is 0 Å². The molecule has 3 aromatic heterocycles. The summed E-state index contributed by atoms with van der Waals surface area (Å²) < 4.78 is 7.72. The second-order valence-corrected chi connectivity index (χ2v) is 30.2. The molecule has 15 aromatic carbocycles. The van der Waals surface area contributed by atoms with Crippen LogP contribution in [0.15, 0.2) is 273 Å². The van der Waals surface area contributed by atoms with Crippen LogP contribution >= 0.6 is 0 Å². The van der Waals surface area contributed by atoms with Crippen molar-refractivity contribution >= 4 is 65.4 Å². The smallest absolute Gasteiger partial charge is 0.0583 e. The number of hydrogen-bond acceptors (Lipinski definition) is 0. The molecule has 3 aliphatic heterocycles. The van der Waals surface area contributed by atoms with Gasteiger partial charge in [-0.25, -0.2) is 0 Å². The fourth-order valence-corrected chi connectivity index (χ4v) is 21.4. The minimum absolute atomic E-state index is 1.01. The zero-order chi connectivity index (χ0) is 95.9. The SMILES string of the molecule is CC.CC.CC.CC.CC.CC.CC.CC.CC.CC.CC.CC.CC.CC.CC.c1ccc2c(c1)Cc1c-2ccc2c1Cc1c3c(cc4c5ccccc5n-2c14)-c1ccccc1C3.c1ccc2c(c1)Cc1c-2ccc2c1Cc1c3c(cc4c5ccccc5n-2c14)Cc1ccccc1-3.c1ccc2c(c1)Cc1c-2ccc2c1Cc1cc3c(c4c5ccccc5n-2c14)-c1ccccc1C3. The van der Waals surface area contributed by atoms with E-state index in [-0.39, 0.29) is 0 Å². The van der Waals surface area contributed by atoms with Crippen molar-refractivity contribution in [1.82, 2.24) is 13.7 Å². The summed E-state index contributed by atoms with van der Waals surface area (Å²) in [5.74, 6) is 0. The predicted octanol–water partition coefficient (Wildman–Crippen LogP) is 38.9. The number of aromatic nitrogens is 3. The summed E-state index contributed by atoms with van der Waals surface area (Å²) in [7, 11) is 0. The van der Waals surface area contributed by atoms with Gasteiger partial charge in [0.05, 0.1) is 50.2 Å². The number of hydrogen-bond donors (Lipinski definition) is 0. The second kappa shape index (κ2) is 47.7. The number of rotatable bonds is 0. The third kappa shape index (κ3) is 17.2. The molecular weight excluding hydrogens is 1590 g/mol. The van der Waals surface area contributed by atoms with Crippen molar-refractivity contribution in [1.29, 1.82) is 0 Å². The average molecular weight is 1750 g/mol. The summed E-state index contributed by atoms with van der Waals surface area (Å²) in [6.07, 6.45) is 9.31. The third-order valence-electron chi connectivity index (χ3n) is 25.5. The van der Waals surface area contributed by atoms with Crippen LogP contribution in [0.1, 0.15) is 308 Å². The normalized spacial score (nSPS) is 11.6. The first-order valence-corrected chi connectivity index (χ1v) is 51.8. The average Bonchev–Trinajstić information content (AvgIpc) is 1.54. The molecule has 6 aliphatic carbocycles. The minimum Gasteiger partial charge on any atom is -0.309 e. The summed E-state index contributed by atoms with van der Waals surface area (Å²) in [6, 6.07) is 103. The molecule has 0 atom stereocenters. The van der Waals surface area contributed by atoms with Gasteiger partial charge in [0.1, 0.15) is 0 Å². The predicted molar refractivity (Wildman–Crippen MR) is 590 cm³/mol. The van der Waals surface area contributed by atoms with Crippen LogP contribution in [0.3, 0.4) is 0 Å². The van der Waals surface area contributed by atoms with Crippen molar-refractivity contribution in [2.75, 3.05) is 0 Å². The summed E-state index contributed by atoms with van der Waals surface area (Å²) in [5, 5.41) is 8.37. The Kier molecular flexibility index (Phi) is 36.8. The number of fused-ring (bicyclic) bond motifs is 39. The highest BCUT2D eigenvalue weighted by Crippen LogP contribution is 2.56. The van der Waals surface area contributed by atoms with Crippen LogP contribution in [0, 0.1) is 0 Å². The lowest BCUT2D eigenvalue weighted by atomic mass is 9.86. The van der Waals surface area contributed by atoms with E-state index in [1.54, 1.807) is 0 Å². The standard InChI is InChI=1S/3C33H21N.15C2H6/c1-3-9-23-20(8-1)17-27-25(23)13-14-30-28(27)18-22-16-21-15-19-7-2-4-10-24(19)31(21)32-26-11-5-6-12-29(26)34(30)33(22)32;1-3-9-22-20(8-1)16-26-24(22)13-14-31-27(26)18-29-32-21(15-19-7-2-4-10-23(19)32)17-28-25-11-5-6-12-30(25)34(31)33(28)29;1-3-9-21-19(7-1)15-25-23(21)13-14-32-28(25)18-30-26-16-20-8-2-4-10-22(20)27(26)17-29-24-11-5-6-12-31(24)34(32)33(29)30;15*1-2/h1-14,16H,15,17-18H2;2*1-14,17H,15-16,18H2;15*1-2H3. The van der Waals surface area contributed by atoms with Crippen molar-refractivity contribution in [2.45, 2.75) is 265 Å². The van der Waals surface area contributed by atoms with Crippen molar-refractivity contribution in [3.05, 3.63) is 373 Å². The summed E-state index contributed by atoms with van der Waals surface area (Å²) in [5.41, 5.74) is 56.5. The Bertz CT molecular complexity index is 6950. The molecule has 0 radical (unpaired) electrons. The lowest BCUT2D eigenvalue weighted by molar-refractivity contribution is 1.00. The Labute approximate surface area is 796 Å². The summed E-state index contributed by atoms with van der Waals surface area (Å²) >= 11 is 0. The maximum absolute atomic E-state index is 2.57. The van der Waals surface area contributed by atoms with Crippen molar-refractivity contribution < 1.29 is 0 Å². The van der Waals surface area contributed by atoms with Gasteiger partial charge >= 0.3 is 0 Å². The molecule has 0 saturated heterocycles. The Morgan fingerprint density at radius 2 is 0.417 bits per heavy atom. The molecule has 9 aliphatic rings. The van der Waals surface area contributed by atoms with Gasteiger partial charge in [-0.15, -0.1) is 0 Å². The van der Waals surface area contributed by atoms with Gasteiger partial charge in [0, 0.05) is 51.6 Å². The molecule has 3 nitrogen and oxygen atoms in total. The molecule has 0 spiro atoms. The van der Waals surface area contributed by atoms with E-state index in [1.807, 2.05) is 208 Å². The number of benzene rings is 15. The van der Waals surface area contributed by atoms with Crippen LogP contribution in [0.4, 0.5) is 0 Å². The van der Waals surface area contributed by atoms with Gasteiger partial charge in [-0.3, -0.25) is 0 Å². The monoisotopic (exact) mass is 1740 g/mol. The van der Waals surface area contributed by atoms with E-state index in [4.69, 9.17) is 0 Å². The first-order chi connectivity index (χ1) is 65.6. The van der Waals surface area contributed by atoms with E-state index in [0.29, 0.717) is 0 Å². The maximum atomic E-state index is 2.57. The van der Waals surface area contributed by atoms with E-state index >= 15 is 0 Å². The van der Waals surface area contributed by atoms with Crippen LogP contribution in [0.5, 0.6) is 0 Å². The third-order valence-corrected chi connectivity index (χ3v) is 25.5. The molecule has 18 aromatic rings. The van der Waals surface area contributed by atoms with Crippen LogP contribution in [0.25, 0.3) is 149 Å². The van der Waals surface area contributed by atoms with E-state index in [0.717, 1.165) is 57.8 Å². The van der Waals surface area contributed by atoms with E-state index in [1.165, 1.54) is 249 Å². The Morgan fingerprint density at radius 3 is 0.811 bits per heavy atom. The molecule has 684 valence electrons. The highest BCUT2D eigenvalue weighted by Gasteiger charge is 2.38. The van der Waals surface area contributed by atoms with Crippen LogP contribution in [-0.2, 0) is 57.8 Å². The molecular formula is C129H153N3. The van der Waals surface area contributed by atoms with Gasteiger partial charge in [0.2, 0.25) is 0 Å². The highest BCUT2D eigenvalue weighted by atomic mass is 15.0. The van der Waals surface area contributed by atoms with Gasteiger partial charge in [-0.05, 0) is 254 Å². The number of nitrogens with zero attached hydrogens (tertiary/aromatic N) is 3. The highest BCUT2D eigenvalue weighted by molar-refractivity contribution is 6.20. The van der Waals surface area contributed by atoms with Crippen LogP contribution < -0.4 is 0 Å². The fourth-order valence-electron chi connectivity index (χ4n) is 21.4.